The van der Waals surface area contributed by atoms with Gasteiger partial charge in [0.2, 0.25) is 0 Å². The van der Waals surface area contributed by atoms with Crippen LogP contribution in [0.15, 0.2) is 12.2 Å². The molecule has 14 heavy (non-hydrogen) atoms. The molecule has 0 saturated heterocycles. The fourth-order valence-corrected chi connectivity index (χ4v) is 1.86. The van der Waals surface area contributed by atoms with Gasteiger partial charge in [-0.3, -0.25) is 0 Å². The molecule has 0 fully saturated rings. The van der Waals surface area contributed by atoms with Crippen molar-refractivity contribution in [1.82, 2.24) is 5.32 Å². The summed E-state index contributed by atoms with van der Waals surface area (Å²) in [6.07, 6.45) is 13.1. The molecule has 1 aliphatic carbocycles. The average molecular weight is 197 g/mol. The molecule has 0 aromatic rings. The lowest BCUT2D eigenvalue weighted by molar-refractivity contribution is 0.282. The summed E-state index contributed by atoms with van der Waals surface area (Å²) < 4.78 is 0. The van der Waals surface area contributed by atoms with E-state index in [1.165, 1.54) is 38.5 Å². The third kappa shape index (κ3) is 5.40. The van der Waals surface area contributed by atoms with Gasteiger partial charge in [0.15, 0.2) is 0 Å². The van der Waals surface area contributed by atoms with Gasteiger partial charge in [0, 0.05) is 12.6 Å². The van der Waals surface area contributed by atoms with E-state index in [1.807, 2.05) is 0 Å². The quantitative estimate of drug-likeness (QED) is 0.484. The van der Waals surface area contributed by atoms with Crippen molar-refractivity contribution >= 4 is 0 Å². The largest absolute Gasteiger partial charge is 0.396 e. The second-order valence-corrected chi connectivity index (χ2v) is 4.06. The molecule has 2 N–H and O–H groups in total. The number of hydrogen-bond donors (Lipinski definition) is 2. The lowest BCUT2D eigenvalue weighted by Crippen LogP contribution is -2.29. The summed E-state index contributed by atoms with van der Waals surface area (Å²) in [5.74, 6) is 0. The van der Waals surface area contributed by atoms with Gasteiger partial charge in [-0.1, -0.05) is 25.0 Å². The van der Waals surface area contributed by atoms with Crippen LogP contribution < -0.4 is 5.32 Å². The van der Waals surface area contributed by atoms with Crippen LogP contribution in [0.3, 0.4) is 0 Å². The van der Waals surface area contributed by atoms with Crippen LogP contribution in [-0.2, 0) is 0 Å². The molecule has 0 heterocycles. The summed E-state index contributed by atoms with van der Waals surface area (Å²) in [5.41, 5.74) is 0. The Hall–Kier alpha value is -0.340. The van der Waals surface area contributed by atoms with Crippen LogP contribution in [0.25, 0.3) is 0 Å². The zero-order valence-corrected chi connectivity index (χ0v) is 9.04. The van der Waals surface area contributed by atoms with Crippen LogP contribution in [0.1, 0.15) is 44.9 Å². The predicted octanol–water partition coefficient (Wildman–Crippen LogP) is 2.24. The van der Waals surface area contributed by atoms with Crippen molar-refractivity contribution in [2.45, 2.75) is 51.0 Å². The molecule has 1 atom stereocenters. The maximum absolute atomic E-state index is 8.60. The first kappa shape index (κ1) is 11.7. The summed E-state index contributed by atoms with van der Waals surface area (Å²) in [6.45, 7) is 1.47. The van der Waals surface area contributed by atoms with Crippen LogP contribution in [-0.4, -0.2) is 24.3 Å². The molecule has 0 aliphatic heterocycles. The number of nitrogens with one attached hydrogen (secondary N) is 1. The third-order valence-electron chi connectivity index (χ3n) is 2.75. The summed E-state index contributed by atoms with van der Waals surface area (Å²) in [4.78, 5) is 0. The molecule has 0 bridgehead atoms. The molecular formula is C12H23NO. The molecule has 2 nitrogen and oxygen atoms in total. The summed E-state index contributed by atoms with van der Waals surface area (Å²) >= 11 is 0. The van der Waals surface area contributed by atoms with Gasteiger partial charge in [-0.15, -0.1) is 0 Å². The zero-order valence-electron chi connectivity index (χ0n) is 9.04. The van der Waals surface area contributed by atoms with Gasteiger partial charge in [-0.2, -0.15) is 0 Å². The predicted molar refractivity (Wildman–Crippen MR) is 60.3 cm³/mol. The fraction of sp³-hybridized carbons (Fsp3) is 0.833. The van der Waals surface area contributed by atoms with Crippen molar-refractivity contribution in [3.05, 3.63) is 12.2 Å². The minimum absolute atomic E-state index is 0.346. The molecule has 0 amide bonds. The monoisotopic (exact) mass is 197 g/mol. The Bertz CT molecular complexity index is 156. The smallest absolute Gasteiger partial charge is 0.0431 e. The Labute approximate surface area is 87.4 Å². The van der Waals surface area contributed by atoms with Gasteiger partial charge in [-0.05, 0) is 38.6 Å². The molecule has 0 spiro atoms. The minimum atomic E-state index is 0.346. The zero-order chi connectivity index (χ0) is 10.1. The second kappa shape index (κ2) is 8.01. The lowest BCUT2D eigenvalue weighted by atomic mass is 10.0. The molecule has 1 unspecified atom stereocenters. The van der Waals surface area contributed by atoms with Crippen molar-refractivity contribution in [2.24, 2.45) is 0 Å². The Kier molecular flexibility index (Phi) is 6.71. The first-order valence-corrected chi connectivity index (χ1v) is 5.94. The molecule has 1 aliphatic rings. The minimum Gasteiger partial charge on any atom is -0.396 e. The van der Waals surface area contributed by atoms with Crippen molar-refractivity contribution in [3.63, 3.8) is 0 Å². The molecule has 0 aromatic carbocycles. The van der Waals surface area contributed by atoms with E-state index < -0.39 is 0 Å². The van der Waals surface area contributed by atoms with E-state index in [2.05, 4.69) is 17.5 Å². The van der Waals surface area contributed by atoms with Crippen LogP contribution in [0.4, 0.5) is 0 Å². The van der Waals surface area contributed by atoms with E-state index in [9.17, 15) is 0 Å². The molecule has 0 radical (unpaired) electrons. The lowest BCUT2D eigenvalue weighted by Gasteiger charge is -2.17. The summed E-state index contributed by atoms with van der Waals surface area (Å²) in [5, 5.41) is 12.2. The molecule has 0 aromatic heterocycles. The third-order valence-corrected chi connectivity index (χ3v) is 2.75. The van der Waals surface area contributed by atoms with Crippen LogP contribution in [0.5, 0.6) is 0 Å². The van der Waals surface area contributed by atoms with Crippen molar-refractivity contribution in [2.75, 3.05) is 13.2 Å². The molecule has 1 rings (SSSR count). The Morgan fingerprint density at radius 1 is 1.21 bits per heavy atom. The van der Waals surface area contributed by atoms with Crippen LogP contribution in [0.2, 0.25) is 0 Å². The molecule has 82 valence electrons. The number of rotatable bonds is 7. The standard InChI is InChI=1S/C12H23NO/c14-11-7-2-1-6-10-13-12-8-4-3-5-9-12/h4,8,12-14H,1-3,5-7,9-11H2. The topological polar surface area (TPSA) is 32.3 Å². The van der Waals surface area contributed by atoms with Crippen LogP contribution in [0, 0.1) is 0 Å². The highest BCUT2D eigenvalue weighted by atomic mass is 16.2. The van der Waals surface area contributed by atoms with Crippen molar-refractivity contribution in [3.8, 4) is 0 Å². The highest BCUT2D eigenvalue weighted by Crippen LogP contribution is 2.10. The van der Waals surface area contributed by atoms with Gasteiger partial charge < -0.3 is 10.4 Å². The highest BCUT2D eigenvalue weighted by Gasteiger charge is 2.05. The number of aliphatic hydroxyl groups is 1. The van der Waals surface area contributed by atoms with Crippen molar-refractivity contribution < 1.29 is 5.11 Å². The number of aliphatic hydroxyl groups excluding tert-OH is 1. The van der Waals surface area contributed by atoms with E-state index in [4.69, 9.17) is 5.11 Å². The van der Waals surface area contributed by atoms with Gasteiger partial charge in [-0.25, -0.2) is 0 Å². The van der Waals surface area contributed by atoms with Crippen molar-refractivity contribution in [1.29, 1.82) is 0 Å². The van der Waals surface area contributed by atoms with E-state index in [0.29, 0.717) is 12.6 Å². The summed E-state index contributed by atoms with van der Waals surface area (Å²) in [6, 6.07) is 0.626. The maximum Gasteiger partial charge on any atom is 0.0431 e. The average Bonchev–Trinajstić information content (AvgIpc) is 2.25. The second-order valence-electron chi connectivity index (χ2n) is 4.06. The normalized spacial score (nSPS) is 21.4. The van der Waals surface area contributed by atoms with E-state index in [0.717, 1.165) is 13.0 Å². The number of unbranched alkanes of at least 4 members (excludes halogenated alkanes) is 3. The maximum atomic E-state index is 8.60. The van der Waals surface area contributed by atoms with E-state index in [1.54, 1.807) is 0 Å². The van der Waals surface area contributed by atoms with E-state index in [-0.39, 0.29) is 0 Å². The fourth-order valence-electron chi connectivity index (χ4n) is 1.86. The van der Waals surface area contributed by atoms with Gasteiger partial charge in [0.1, 0.15) is 0 Å². The van der Waals surface area contributed by atoms with Gasteiger partial charge in [0.05, 0.1) is 0 Å². The molecular weight excluding hydrogens is 174 g/mol. The number of hydrogen-bond acceptors (Lipinski definition) is 2. The Morgan fingerprint density at radius 3 is 2.79 bits per heavy atom. The number of allylic oxidation sites excluding steroid dienone is 1. The first-order valence-electron chi connectivity index (χ1n) is 5.94. The first-order chi connectivity index (χ1) is 6.93. The Balaban J connectivity index is 1.88. The molecule has 0 saturated carbocycles. The highest BCUT2D eigenvalue weighted by molar-refractivity contribution is 4.97. The van der Waals surface area contributed by atoms with Gasteiger partial charge >= 0.3 is 0 Å². The Morgan fingerprint density at radius 2 is 2.07 bits per heavy atom. The van der Waals surface area contributed by atoms with E-state index >= 15 is 0 Å². The van der Waals surface area contributed by atoms with Crippen LogP contribution >= 0.6 is 0 Å². The molecule has 2 heteroatoms. The summed E-state index contributed by atoms with van der Waals surface area (Å²) in [7, 11) is 0. The van der Waals surface area contributed by atoms with Gasteiger partial charge in [0.25, 0.3) is 0 Å². The SMILES string of the molecule is OCCCCCCNC1C=CCCC1.